The summed E-state index contributed by atoms with van der Waals surface area (Å²) < 4.78 is 0. The number of amides is 1. The molecule has 3 N–H and O–H groups in total. The summed E-state index contributed by atoms with van der Waals surface area (Å²) in [6, 6.07) is 9.78. The zero-order valence-electron chi connectivity index (χ0n) is 12.4. The summed E-state index contributed by atoms with van der Waals surface area (Å²) in [6.45, 7) is 8.90. The molecule has 3 nitrogen and oxygen atoms in total. The Morgan fingerprint density at radius 2 is 1.89 bits per heavy atom. The fourth-order valence-corrected chi connectivity index (χ4v) is 1.93. The number of carbonyl (C=O) groups is 1. The molecule has 1 rings (SSSR count). The molecule has 1 amide bonds. The minimum Gasteiger partial charge on any atom is -0.354 e. The largest absolute Gasteiger partial charge is 0.354 e. The molecule has 0 aliphatic rings. The summed E-state index contributed by atoms with van der Waals surface area (Å²) in [5.41, 5.74) is 7.05. The van der Waals surface area contributed by atoms with Gasteiger partial charge in [-0.15, -0.1) is 0 Å². The van der Waals surface area contributed by atoms with E-state index in [0.29, 0.717) is 6.54 Å². The Bertz CT molecular complexity index is 400. The Kier molecular flexibility index (Phi) is 5.55. The van der Waals surface area contributed by atoms with Gasteiger partial charge in [0.05, 0.1) is 6.04 Å². The molecule has 0 heterocycles. The average Bonchev–Trinajstić information content (AvgIpc) is 2.44. The van der Waals surface area contributed by atoms with Crippen molar-refractivity contribution < 1.29 is 4.79 Å². The van der Waals surface area contributed by atoms with Crippen molar-refractivity contribution in [2.75, 3.05) is 6.54 Å². The van der Waals surface area contributed by atoms with Gasteiger partial charge in [-0.25, -0.2) is 0 Å². The third kappa shape index (κ3) is 4.35. The van der Waals surface area contributed by atoms with E-state index in [0.717, 1.165) is 6.42 Å². The van der Waals surface area contributed by atoms with Gasteiger partial charge < -0.3 is 11.1 Å². The maximum Gasteiger partial charge on any atom is 0.237 e. The standard InChI is InChI=1S/C16H26N2O/c1-5-12(2)14(17)15(19)18-11-16(3,4)13-9-7-6-8-10-13/h6-10,12,14H,5,11,17H2,1-4H3,(H,18,19)/t12?,14-/m0/s1. The fourth-order valence-electron chi connectivity index (χ4n) is 1.93. The fraction of sp³-hybridized carbons (Fsp3) is 0.562. The number of benzene rings is 1. The predicted octanol–water partition coefficient (Wildman–Crippen LogP) is 2.45. The highest BCUT2D eigenvalue weighted by Crippen LogP contribution is 2.21. The van der Waals surface area contributed by atoms with Gasteiger partial charge in [0, 0.05) is 12.0 Å². The van der Waals surface area contributed by atoms with Crippen molar-refractivity contribution in [3.05, 3.63) is 35.9 Å². The number of nitrogens with two attached hydrogens (primary N) is 1. The molecular formula is C16H26N2O. The molecule has 0 aliphatic carbocycles. The molecule has 0 aliphatic heterocycles. The summed E-state index contributed by atoms with van der Waals surface area (Å²) in [6.07, 6.45) is 0.913. The van der Waals surface area contributed by atoms with E-state index in [1.165, 1.54) is 5.56 Å². The molecule has 2 atom stereocenters. The van der Waals surface area contributed by atoms with E-state index in [4.69, 9.17) is 5.73 Å². The van der Waals surface area contributed by atoms with Gasteiger partial charge in [-0.05, 0) is 11.5 Å². The molecule has 1 aromatic rings. The molecule has 0 saturated carbocycles. The summed E-state index contributed by atoms with van der Waals surface area (Å²) in [5, 5.41) is 2.97. The van der Waals surface area contributed by atoms with Crippen LogP contribution in [0.25, 0.3) is 0 Å². The minimum absolute atomic E-state index is 0.0571. The topological polar surface area (TPSA) is 55.1 Å². The monoisotopic (exact) mass is 262 g/mol. The highest BCUT2D eigenvalue weighted by molar-refractivity contribution is 5.81. The summed E-state index contributed by atoms with van der Waals surface area (Å²) in [7, 11) is 0. The lowest BCUT2D eigenvalue weighted by Gasteiger charge is -2.27. The zero-order chi connectivity index (χ0) is 14.5. The van der Waals surface area contributed by atoms with Crippen LogP contribution < -0.4 is 11.1 Å². The molecule has 106 valence electrons. The Hall–Kier alpha value is -1.35. The number of rotatable bonds is 6. The van der Waals surface area contributed by atoms with Crippen LogP contribution in [0.2, 0.25) is 0 Å². The normalized spacial score (nSPS) is 14.8. The van der Waals surface area contributed by atoms with Gasteiger partial charge in [0.25, 0.3) is 0 Å². The van der Waals surface area contributed by atoms with Gasteiger partial charge in [0.2, 0.25) is 5.91 Å². The van der Waals surface area contributed by atoms with Gasteiger partial charge in [0.1, 0.15) is 0 Å². The van der Waals surface area contributed by atoms with Crippen LogP contribution >= 0.6 is 0 Å². The highest BCUT2D eigenvalue weighted by Gasteiger charge is 2.24. The first kappa shape index (κ1) is 15.7. The van der Waals surface area contributed by atoms with Crippen LogP contribution in [0.5, 0.6) is 0 Å². The van der Waals surface area contributed by atoms with E-state index in [-0.39, 0.29) is 17.2 Å². The molecule has 0 saturated heterocycles. The van der Waals surface area contributed by atoms with E-state index >= 15 is 0 Å². The molecular weight excluding hydrogens is 236 g/mol. The smallest absolute Gasteiger partial charge is 0.237 e. The van der Waals surface area contributed by atoms with Crippen molar-refractivity contribution in [3.63, 3.8) is 0 Å². The van der Waals surface area contributed by atoms with Crippen molar-refractivity contribution in [2.24, 2.45) is 11.7 Å². The third-order valence-corrected chi connectivity index (χ3v) is 3.82. The molecule has 0 aromatic heterocycles. The lowest BCUT2D eigenvalue weighted by atomic mass is 9.84. The van der Waals surface area contributed by atoms with E-state index in [1.54, 1.807) is 0 Å². The van der Waals surface area contributed by atoms with Gasteiger partial charge in [0.15, 0.2) is 0 Å². The quantitative estimate of drug-likeness (QED) is 0.827. The van der Waals surface area contributed by atoms with E-state index in [1.807, 2.05) is 32.0 Å². The lowest BCUT2D eigenvalue weighted by Crippen LogP contribution is -2.47. The molecule has 0 fully saturated rings. The van der Waals surface area contributed by atoms with Gasteiger partial charge >= 0.3 is 0 Å². The van der Waals surface area contributed by atoms with Gasteiger partial charge in [-0.3, -0.25) is 4.79 Å². The van der Waals surface area contributed by atoms with Crippen LogP contribution in [0.3, 0.4) is 0 Å². The second-order valence-corrected chi connectivity index (χ2v) is 5.88. The second-order valence-electron chi connectivity index (χ2n) is 5.88. The average molecular weight is 262 g/mol. The minimum atomic E-state index is -0.420. The maximum atomic E-state index is 12.0. The lowest BCUT2D eigenvalue weighted by molar-refractivity contribution is -0.123. The first-order valence-corrected chi connectivity index (χ1v) is 6.97. The molecule has 19 heavy (non-hydrogen) atoms. The maximum absolute atomic E-state index is 12.0. The first-order chi connectivity index (χ1) is 8.88. The van der Waals surface area contributed by atoms with Crippen LogP contribution in [0.4, 0.5) is 0 Å². The first-order valence-electron chi connectivity index (χ1n) is 6.97. The molecule has 1 aromatic carbocycles. The SMILES string of the molecule is CCC(C)[C@H](N)C(=O)NCC(C)(C)c1ccccc1. The molecule has 0 radical (unpaired) electrons. The Morgan fingerprint density at radius 1 is 1.32 bits per heavy atom. The summed E-state index contributed by atoms with van der Waals surface area (Å²) in [5.74, 6) is 0.151. The summed E-state index contributed by atoms with van der Waals surface area (Å²) in [4.78, 5) is 12.0. The van der Waals surface area contributed by atoms with Gasteiger partial charge in [-0.1, -0.05) is 64.4 Å². The number of nitrogens with one attached hydrogen (secondary N) is 1. The number of hydrogen-bond acceptors (Lipinski definition) is 2. The Morgan fingerprint density at radius 3 is 2.42 bits per heavy atom. The van der Waals surface area contributed by atoms with Crippen LogP contribution in [-0.2, 0) is 10.2 Å². The molecule has 3 heteroatoms. The zero-order valence-corrected chi connectivity index (χ0v) is 12.4. The highest BCUT2D eigenvalue weighted by atomic mass is 16.2. The molecule has 0 bridgehead atoms. The van der Waals surface area contributed by atoms with Crippen molar-refractivity contribution in [2.45, 2.75) is 45.6 Å². The van der Waals surface area contributed by atoms with Crippen LogP contribution in [0, 0.1) is 5.92 Å². The van der Waals surface area contributed by atoms with Crippen molar-refractivity contribution >= 4 is 5.91 Å². The molecule has 0 spiro atoms. The predicted molar refractivity (Wildman–Crippen MR) is 79.9 cm³/mol. The summed E-state index contributed by atoms with van der Waals surface area (Å²) >= 11 is 0. The van der Waals surface area contributed by atoms with E-state index in [2.05, 4.69) is 31.3 Å². The van der Waals surface area contributed by atoms with Crippen LogP contribution in [0.15, 0.2) is 30.3 Å². The van der Waals surface area contributed by atoms with E-state index in [9.17, 15) is 4.79 Å². The third-order valence-electron chi connectivity index (χ3n) is 3.82. The Labute approximate surface area is 116 Å². The Balaban J connectivity index is 2.59. The van der Waals surface area contributed by atoms with E-state index < -0.39 is 6.04 Å². The number of hydrogen-bond donors (Lipinski definition) is 2. The van der Waals surface area contributed by atoms with Gasteiger partial charge in [-0.2, -0.15) is 0 Å². The van der Waals surface area contributed by atoms with Crippen molar-refractivity contribution in [3.8, 4) is 0 Å². The van der Waals surface area contributed by atoms with Crippen LogP contribution in [0.1, 0.15) is 39.7 Å². The number of carbonyl (C=O) groups excluding carboxylic acids is 1. The van der Waals surface area contributed by atoms with Crippen molar-refractivity contribution in [1.29, 1.82) is 0 Å². The van der Waals surface area contributed by atoms with Crippen LogP contribution in [-0.4, -0.2) is 18.5 Å². The second kappa shape index (κ2) is 6.71. The van der Waals surface area contributed by atoms with Crippen molar-refractivity contribution in [1.82, 2.24) is 5.32 Å². The molecule has 1 unspecified atom stereocenters.